The Morgan fingerprint density at radius 3 is 2.82 bits per heavy atom. The second-order valence-corrected chi connectivity index (χ2v) is 6.28. The first-order valence-corrected chi connectivity index (χ1v) is 8.30. The Kier molecular flexibility index (Phi) is 5.46. The molecular weight excluding hydrogens is 276 g/mol. The number of ether oxygens (including phenoxy) is 1. The molecule has 4 heteroatoms. The van der Waals surface area contributed by atoms with Crippen molar-refractivity contribution in [2.75, 3.05) is 6.61 Å². The molecule has 4 nitrogen and oxygen atoms in total. The van der Waals surface area contributed by atoms with E-state index in [-0.39, 0.29) is 18.0 Å². The third-order valence-corrected chi connectivity index (χ3v) is 4.65. The molecule has 0 saturated heterocycles. The molecular formula is C18H28N2O2. The molecule has 0 aliphatic carbocycles. The van der Waals surface area contributed by atoms with E-state index in [1.165, 1.54) is 0 Å². The average Bonchev–Trinajstić information content (AvgIpc) is 2.53. The van der Waals surface area contributed by atoms with E-state index in [2.05, 4.69) is 38.2 Å². The predicted octanol–water partition coefficient (Wildman–Crippen LogP) is 3.39. The fourth-order valence-corrected chi connectivity index (χ4v) is 2.94. The lowest BCUT2D eigenvalue weighted by molar-refractivity contribution is -0.121. The number of aryl methyl sites for hydroxylation is 1. The van der Waals surface area contributed by atoms with Crippen molar-refractivity contribution >= 4 is 5.91 Å². The number of amides is 1. The van der Waals surface area contributed by atoms with Gasteiger partial charge in [-0.25, -0.2) is 0 Å². The smallest absolute Gasteiger partial charge is 0.220 e. The third-order valence-electron chi connectivity index (χ3n) is 4.65. The largest absolute Gasteiger partial charge is 0.493 e. The molecule has 1 aliphatic rings. The maximum atomic E-state index is 11.8. The second kappa shape index (κ2) is 7.14. The van der Waals surface area contributed by atoms with Gasteiger partial charge in [-0.3, -0.25) is 4.79 Å². The van der Waals surface area contributed by atoms with Gasteiger partial charge in [0.2, 0.25) is 5.91 Å². The molecule has 1 aromatic rings. The van der Waals surface area contributed by atoms with Crippen molar-refractivity contribution in [3.63, 3.8) is 0 Å². The fourth-order valence-electron chi connectivity index (χ4n) is 2.94. The Morgan fingerprint density at radius 1 is 1.45 bits per heavy atom. The van der Waals surface area contributed by atoms with Gasteiger partial charge in [0, 0.05) is 24.4 Å². The summed E-state index contributed by atoms with van der Waals surface area (Å²) in [6, 6.07) is 4.29. The highest BCUT2D eigenvalue weighted by Crippen LogP contribution is 2.38. The summed E-state index contributed by atoms with van der Waals surface area (Å²) in [4.78, 5) is 11.8. The van der Waals surface area contributed by atoms with Gasteiger partial charge in [0.05, 0.1) is 12.6 Å². The summed E-state index contributed by atoms with van der Waals surface area (Å²) >= 11 is 0. The minimum Gasteiger partial charge on any atom is -0.493 e. The number of nitrogens with one attached hydrogen (secondary N) is 1. The standard InChI is InChI=1S/C18H28N2O2/c1-5-11(3)17(19)13-9-12(4)18-14(10-13)15(7-8-22-18)20-16(21)6-2/h9-11,15,17H,5-8,19H2,1-4H3,(H,20,21). The first kappa shape index (κ1) is 16.8. The van der Waals surface area contributed by atoms with Crippen molar-refractivity contribution in [1.29, 1.82) is 0 Å². The van der Waals surface area contributed by atoms with Crippen LogP contribution in [0.5, 0.6) is 5.75 Å². The average molecular weight is 304 g/mol. The van der Waals surface area contributed by atoms with E-state index in [1.807, 2.05) is 6.92 Å². The van der Waals surface area contributed by atoms with Gasteiger partial charge >= 0.3 is 0 Å². The van der Waals surface area contributed by atoms with Gasteiger partial charge in [0.1, 0.15) is 5.75 Å². The van der Waals surface area contributed by atoms with E-state index in [4.69, 9.17) is 10.5 Å². The number of fused-ring (bicyclic) bond motifs is 1. The van der Waals surface area contributed by atoms with Crippen molar-refractivity contribution < 1.29 is 9.53 Å². The van der Waals surface area contributed by atoms with Crippen LogP contribution in [0.1, 0.15) is 68.8 Å². The van der Waals surface area contributed by atoms with E-state index in [1.54, 1.807) is 0 Å². The molecule has 0 radical (unpaired) electrons. The second-order valence-electron chi connectivity index (χ2n) is 6.28. The summed E-state index contributed by atoms with van der Waals surface area (Å²) in [6.45, 7) is 8.89. The predicted molar refractivity (Wildman–Crippen MR) is 88.8 cm³/mol. The van der Waals surface area contributed by atoms with Crippen LogP contribution in [0.4, 0.5) is 0 Å². The molecule has 0 bridgehead atoms. The van der Waals surface area contributed by atoms with E-state index >= 15 is 0 Å². The molecule has 3 unspecified atom stereocenters. The number of carbonyl (C=O) groups is 1. The molecule has 1 amide bonds. The van der Waals surface area contributed by atoms with E-state index in [0.717, 1.165) is 35.3 Å². The Hall–Kier alpha value is -1.55. The number of benzene rings is 1. The van der Waals surface area contributed by atoms with E-state index < -0.39 is 0 Å². The van der Waals surface area contributed by atoms with Gasteiger partial charge in [0.25, 0.3) is 0 Å². The summed E-state index contributed by atoms with van der Waals surface area (Å²) in [5.74, 6) is 1.41. The first-order chi connectivity index (χ1) is 10.5. The lowest BCUT2D eigenvalue weighted by Gasteiger charge is -2.30. The van der Waals surface area contributed by atoms with Crippen LogP contribution in [0.3, 0.4) is 0 Å². The normalized spacial score (nSPS) is 19.8. The zero-order valence-corrected chi connectivity index (χ0v) is 14.1. The van der Waals surface area contributed by atoms with Crippen LogP contribution in [-0.2, 0) is 4.79 Å². The maximum absolute atomic E-state index is 11.8. The van der Waals surface area contributed by atoms with Crippen molar-refractivity contribution in [2.45, 2.75) is 59.0 Å². The summed E-state index contributed by atoms with van der Waals surface area (Å²) in [5, 5.41) is 3.10. The molecule has 1 aliphatic heterocycles. The van der Waals surface area contributed by atoms with Gasteiger partial charge < -0.3 is 15.8 Å². The molecule has 1 aromatic carbocycles. The minimum absolute atomic E-state index is 0.0125. The molecule has 0 aromatic heterocycles. The van der Waals surface area contributed by atoms with Gasteiger partial charge in [0.15, 0.2) is 0 Å². The highest BCUT2D eigenvalue weighted by atomic mass is 16.5. The molecule has 3 atom stereocenters. The lowest BCUT2D eigenvalue weighted by Crippen LogP contribution is -2.32. The molecule has 122 valence electrons. The molecule has 1 heterocycles. The highest BCUT2D eigenvalue weighted by molar-refractivity contribution is 5.76. The number of nitrogens with two attached hydrogens (primary N) is 1. The van der Waals surface area contributed by atoms with E-state index in [9.17, 15) is 4.79 Å². The maximum Gasteiger partial charge on any atom is 0.220 e. The topological polar surface area (TPSA) is 64.3 Å². The Morgan fingerprint density at radius 2 is 2.18 bits per heavy atom. The van der Waals surface area contributed by atoms with Crippen molar-refractivity contribution in [3.8, 4) is 5.75 Å². The van der Waals surface area contributed by atoms with Gasteiger partial charge in [-0.2, -0.15) is 0 Å². The Labute approximate surface area is 133 Å². The van der Waals surface area contributed by atoms with Gasteiger partial charge in [-0.1, -0.05) is 33.3 Å². The molecule has 0 spiro atoms. The molecule has 0 saturated carbocycles. The summed E-state index contributed by atoms with van der Waals surface area (Å²) in [5.41, 5.74) is 9.70. The van der Waals surface area contributed by atoms with Crippen LogP contribution < -0.4 is 15.8 Å². The van der Waals surface area contributed by atoms with Crippen molar-refractivity contribution in [1.82, 2.24) is 5.32 Å². The molecule has 2 rings (SSSR count). The SMILES string of the molecule is CCC(=O)NC1CCOc2c(C)cc(C(N)C(C)CC)cc21. The van der Waals surface area contributed by atoms with Crippen LogP contribution >= 0.6 is 0 Å². The number of hydrogen-bond donors (Lipinski definition) is 2. The number of carbonyl (C=O) groups excluding carboxylic acids is 1. The zero-order valence-electron chi connectivity index (χ0n) is 14.1. The summed E-state index contributed by atoms with van der Waals surface area (Å²) in [6.07, 6.45) is 2.35. The number of hydrogen-bond acceptors (Lipinski definition) is 3. The molecule has 3 N–H and O–H groups in total. The Balaban J connectivity index is 2.37. The summed E-state index contributed by atoms with van der Waals surface area (Å²) in [7, 11) is 0. The first-order valence-electron chi connectivity index (χ1n) is 8.30. The lowest BCUT2D eigenvalue weighted by atomic mass is 9.88. The quantitative estimate of drug-likeness (QED) is 0.876. The van der Waals surface area contributed by atoms with Crippen molar-refractivity contribution in [2.24, 2.45) is 11.7 Å². The monoisotopic (exact) mass is 304 g/mol. The van der Waals surface area contributed by atoms with E-state index in [0.29, 0.717) is 18.9 Å². The van der Waals surface area contributed by atoms with Gasteiger partial charge in [-0.05, 0) is 30.0 Å². The minimum atomic E-state index is 0.0125. The number of rotatable bonds is 5. The summed E-state index contributed by atoms with van der Waals surface area (Å²) < 4.78 is 5.83. The molecule has 22 heavy (non-hydrogen) atoms. The van der Waals surface area contributed by atoms with Crippen molar-refractivity contribution in [3.05, 3.63) is 28.8 Å². The highest BCUT2D eigenvalue weighted by Gasteiger charge is 2.26. The van der Waals surface area contributed by atoms with Crippen LogP contribution in [-0.4, -0.2) is 12.5 Å². The van der Waals surface area contributed by atoms with Gasteiger partial charge in [-0.15, -0.1) is 0 Å². The Bertz CT molecular complexity index is 542. The molecule has 0 fully saturated rings. The fraction of sp³-hybridized carbons (Fsp3) is 0.611. The van der Waals surface area contributed by atoms with Crippen LogP contribution in [0, 0.1) is 12.8 Å². The third kappa shape index (κ3) is 3.43. The van der Waals surface area contributed by atoms with Crippen LogP contribution in [0.25, 0.3) is 0 Å². The zero-order chi connectivity index (χ0) is 16.3. The van der Waals surface area contributed by atoms with Crippen LogP contribution in [0.2, 0.25) is 0 Å². The van der Waals surface area contributed by atoms with Crippen LogP contribution in [0.15, 0.2) is 12.1 Å².